The first-order valence-electron chi connectivity index (χ1n) is 10.8. The van der Waals surface area contributed by atoms with Crippen molar-refractivity contribution in [3.63, 3.8) is 0 Å². The van der Waals surface area contributed by atoms with Crippen LogP contribution in [-0.2, 0) is 22.5 Å². The number of amides is 1. The van der Waals surface area contributed by atoms with Crippen molar-refractivity contribution in [1.82, 2.24) is 10.3 Å². The third-order valence-electron chi connectivity index (χ3n) is 5.24. The minimum Gasteiger partial charge on any atom is -0.480 e. The summed E-state index contributed by atoms with van der Waals surface area (Å²) in [5, 5.41) is 4.00. The lowest BCUT2D eigenvalue weighted by Gasteiger charge is -2.12. The molecule has 0 saturated carbocycles. The Kier molecular flexibility index (Phi) is 7.48. The zero-order valence-corrected chi connectivity index (χ0v) is 20.0. The van der Waals surface area contributed by atoms with Gasteiger partial charge in [-0.1, -0.05) is 41.9 Å². The van der Waals surface area contributed by atoms with E-state index in [1.54, 1.807) is 18.2 Å². The predicted molar refractivity (Wildman–Crippen MR) is 133 cm³/mol. The summed E-state index contributed by atoms with van der Waals surface area (Å²) < 4.78 is 15.9. The van der Waals surface area contributed by atoms with Gasteiger partial charge in [0.05, 0.1) is 26.2 Å². The summed E-state index contributed by atoms with van der Waals surface area (Å²) in [7, 11) is 2.71. The second kappa shape index (κ2) is 10.9. The van der Waals surface area contributed by atoms with E-state index in [0.717, 1.165) is 11.3 Å². The molecule has 0 aliphatic rings. The Bertz CT molecular complexity index is 1380. The number of carbonyl (C=O) groups excluding carboxylic acids is 2. The van der Waals surface area contributed by atoms with E-state index in [4.69, 9.17) is 25.8 Å². The fourth-order valence-electron chi connectivity index (χ4n) is 3.64. The number of carbonyl (C=O) groups is 2. The molecule has 0 aliphatic heterocycles. The Morgan fingerprint density at radius 1 is 0.943 bits per heavy atom. The molecule has 4 aromatic rings. The third kappa shape index (κ3) is 5.88. The van der Waals surface area contributed by atoms with E-state index in [0.29, 0.717) is 27.2 Å². The molecular weight excluding hydrogens is 468 g/mol. The van der Waals surface area contributed by atoms with Crippen molar-refractivity contribution >= 4 is 34.4 Å². The number of esters is 1. The van der Waals surface area contributed by atoms with E-state index in [2.05, 4.69) is 10.3 Å². The number of rotatable bonds is 8. The highest BCUT2D eigenvalue weighted by atomic mass is 35.5. The average Bonchev–Trinajstić information content (AvgIpc) is 2.86. The summed E-state index contributed by atoms with van der Waals surface area (Å²) in [6.07, 6.45) is 0.174. The summed E-state index contributed by atoms with van der Waals surface area (Å²) in [5.74, 6) is 0.771. The number of aromatic nitrogens is 1. The number of benzene rings is 3. The van der Waals surface area contributed by atoms with Crippen LogP contribution in [0.3, 0.4) is 0 Å². The highest BCUT2D eigenvalue weighted by Crippen LogP contribution is 2.28. The number of pyridine rings is 1. The monoisotopic (exact) mass is 490 g/mol. The molecule has 0 aliphatic carbocycles. The number of methoxy groups -OCH3 is 2. The molecule has 1 heterocycles. The molecule has 1 amide bonds. The van der Waals surface area contributed by atoms with E-state index in [-0.39, 0.29) is 30.3 Å². The number of hydrogen-bond acceptors (Lipinski definition) is 6. The van der Waals surface area contributed by atoms with Crippen LogP contribution in [0.2, 0.25) is 5.02 Å². The van der Waals surface area contributed by atoms with Gasteiger partial charge in [-0.15, -0.1) is 0 Å². The van der Waals surface area contributed by atoms with Gasteiger partial charge in [0.2, 0.25) is 11.8 Å². The Morgan fingerprint density at radius 3 is 2.46 bits per heavy atom. The van der Waals surface area contributed by atoms with Gasteiger partial charge in [0.15, 0.2) is 0 Å². The predicted octanol–water partition coefficient (Wildman–Crippen LogP) is 5.33. The fraction of sp³-hybridized carbons (Fsp3) is 0.148. The number of ether oxygens (including phenoxy) is 3. The summed E-state index contributed by atoms with van der Waals surface area (Å²) in [6, 6.07) is 21.9. The van der Waals surface area contributed by atoms with Gasteiger partial charge in [0.25, 0.3) is 0 Å². The second-order valence-corrected chi connectivity index (χ2v) is 8.13. The van der Waals surface area contributed by atoms with Gasteiger partial charge in [-0.05, 0) is 53.6 Å². The van der Waals surface area contributed by atoms with E-state index in [9.17, 15) is 9.59 Å². The number of hydrogen-bond donors (Lipinski definition) is 1. The summed E-state index contributed by atoms with van der Waals surface area (Å²) >= 11 is 6.29. The smallest absolute Gasteiger partial charge is 0.343 e. The van der Waals surface area contributed by atoms with Crippen molar-refractivity contribution in [2.24, 2.45) is 0 Å². The lowest BCUT2D eigenvalue weighted by atomic mass is 10.1. The Labute approximate surface area is 207 Å². The molecule has 0 unspecified atom stereocenters. The SMILES string of the molecule is COC(=O)c1cc2cc(Cl)cc(CNC(=O)Cc3cccc(Oc4ccccc4)c3)c2nc1OC. The lowest BCUT2D eigenvalue weighted by molar-refractivity contribution is -0.120. The molecule has 0 saturated heterocycles. The van der Waals surface area contributed by atoms with Crippen molar-refractivity contribution in [2.45, 2.75) is 13.0 Å². The molecule has 35 heavy (non-hydrogen) atoms. The van der Waals surface area contributed by atoms with Crippen LogP contribution in [0, 0.1) is 0 Å². The zero-order valence-electron chi connectivity index (χ0n) is 19.2. The first-order valence-corrected chi connectivity index (χ1v) is 11.2. The summed E-state index contributed by atoms with van der Waals surface area (Å²) in [4.78, 5) is 29.2. The number of halogens is 1. The molecule has 8 heteroatoms. The minimum absolute atomic E-state index is 0.134. The van der Waals surface area contributed by atoms with E-state index < -0.39 is 5.97 Å². The first-order chi connectivity index (χ1) is 17.0. The molecular formula is C27H23ClN2O5. The number of fused-ring (bicyclic) bond motifs is 1. The van der Waals surface area contributed by atoms with Crippen molar-refractivity contribution in [3.8, 4) is 17.4 Å². The van der Waals surface area contributed by atoms with E-state index >= 15 is 0 Å². The molecule has 3 aromatic carbocycles. The normalized spacial score (nSPS) is 10.6. The maximum atomic E-state index is 12.7. The standard InChI is InChI=1S/C27H23ClN2O5/c1-33-26-23(27(32)34-2)15-18-13-20(28)14-19(25(18)30-26)16-29-24(31)12-17-7-6-10-22(11-17)35-21-8-4-3-5-9-21/h3-11,13-15H,12,16H2,1-2H3,(H,29,31). The maximum absolute atomic E-state index is 12.7. The molecule has 178 valence electrons. The summed E-state index contributed by atoms with van der Waals surface area (Å²) in [6.45, 7) is 0.198. The molecule has 0 radical (unpaired) electrons. The molecule has 0 bridgehead atoms. The van der Waals surface area contributed by atoms with Gasteiger partial charge < -0.3 is 19.5 Å². The van der Waals surface area contributed by atoms with Crippen LogP contribution >= 0.6 is 11.6 Å². The fourth-order valence-corrected chi connectivity index (χ4v) is 3.89. The maximum Gasteiger partial charge on any atom is 0.343 e. The van der Waals surface area contributed by atoms with Crippen LogP contribution in [-0.4, -0.2) is 31.1 Å². The lowest BCUT2D eigenvalue weighted by Crippen LogP contribution is -2.24. The van der Waals surface area contributed by atoms with Crippen LogP contribution in [0.4, 0.5) is 0 Å². The zero-order chi connectivity index (χ0) is 24.8. The van der Waals surface area contributed by atoms with Gasteiger partial charge in [0, 0.05) is 17.0 Å². The van der Waals surface area contributed by atoms with E-state index in [1.807, 2.05) is 54.6 Å². The Balaban J connectivity index is 1.49. The van der Waals surface area contributed by atoms with E-state index in [1.165, 1.54) is 14.2 Å². The number of para-hydroxylation sites is 1. The first kappa shape index (κ1) is 24.0. The van der Waals surface area contributed by atoms with Gasteiger partial charge in [-0.2, -0.15) is 0 Å². The highest BCUT2D eigenvalue weighted by Gasteiger charge is 2.18. The highest BCUT2D eigenvalue weighted by molar-refractivity contribution is 6.31. The number of nitrogens with zero attached hydrogens (tertiary/aromatic N) is 1. The largest absolute Gasteiger partial charge is 0.480 e. The Morgan fingerprint density at radius 2 is 1.71 bits per heavy atom. The molecule has 4 rings (SSSR count). The molecule has 0 atom stereocenters. The van der Waals surface area contributed by atoms with Gasteiger partial charge in [-0.3, -0.25) is 4.79 Å². The third-order valence-corrected chi connectivity index (χ3v) is 5.46. The van der Waals surface area contributed by atoms with Crippen molar-refractivity contribution < 1.29 is 23.8 Å². The van der Waals surface area contributed by atoms with Crippen LogP contribution in [0.25, 0.3) is 10.9 Å². The molecule has 0 fully saturated rings. The Hall–Kier alpha value is -4.10. The quantitative estimate of drug-likeness (QED) is 0.336. The topological polar surface area (TPSA) is 86.8 Å². The van der Waals surface area contributed by atoms with Crippen LogP contribution in [0.1, 0.15) is 21.5 Å². The van der Waals surface area contributed by atoms with Gasteiger partial charge in [0.1, 0.15) is 17.1 Å². The van der Waals surface area contributed by atoms with Crippen LogP contribution in [0.15, 0.2) is 72.8 Å². The van der Waals surface area contributed by atoms with Crippen molar-refractivity contribution in [3.05, 3.63) is 94.5 Å². The second-order valence-electron chi connectivity index (χ2n) is 7.69. The minimum atomic E-state index is -0.565. The molecule has 1 N–H and O–H groups in total. The number of nitrogens with one attached hydrogen (secondary N) is 1. The van der Waals surface area contributed by atoms with Gasteiger partial charge >= 0.3 is 5.97 Å². The molecule has 1 aromatic heterocycles. The van der Waals surface area contributed by atoms with Crippen molar-refractivity contribution in [2.75, 3.05) is 14.2 Å². The van der Waals surface area contributed by atoms with Gasteiger partial charge in [-0.25, -0.2) is 9.78 Å². The van der Waals surface area contributed by atoms with Crippen LogP contribution < -0.4 is 14.8 Å². The van der Waals surface area contributed by atoms with Crippen LogP contribution in [0.5, 0.6) is 17.4 Å². The average molecular weight is 491 g/mol. The molecule has 7 nitrogen and oxygen atoms in total. The summed E-state index contributed by atoms with van der Waals surface area (Å²) in [5.41, 5.74) is 2.26. The van der Waals surface area contributed by atoms with Crippen molar-refractivity contribution in [1.29, 1.82) is 0 Å². The molecule has 0 spiro atoms.